The molecule has 0 aliphatic rings. The Hall–Kier alpha value is -2.14. The van der Waals surface area contributed by atoms with E-state index in [1.54, 1.807) is 0 Å². The zero-order chi connectivity index (χ0) is 17.4. The van der Waals surface area contributed by atoms with Crippen molar-refractivity contribution < 1.29 is 9.90 Å². The van der Waals surface area contributed by atoms with Gasteiger partial charge in [0.25, 0.3) is 0 Å². The molecule has 0 aliphatic carbocycles. The van der Waals surface area contributed by atoms with E-state index in [1.807, 2.05) is 29.1 Å². The molecule has 2 aromatic rings. The summed E-state index contributed by atoms with van der Waals surface area (Å²) in [5.41, 5.74) is 2.35. The Balaban J connectivity index is 1.91. The molecule has 2 N–H and O–H groups in total. The monoisotopic (exact) mass is 329 g/mol. The van der Waals surface area contributed by atoms with Crippen LogP contribution in [-0.4, -0.2) is 26.9 Å². The minimum Gasteiger partial charge on any atom is -0.481 e. The Labute approximate surface area is 143 Å². The van der Waals surface area contributed by atoms with Crippen LogP contribution in [0.25, 0.3) is 0 Å². The van der Waals surface area contributed by atoms with Gasteiger partial charge in [0.15, 0.2) is 0 Å². The third-order valence-corrected chi connectivity index (χ3v) is 3.87. The maximum Gasteiger partial charge on any atom is 0.303 e. The number of benzene rings is 1. The Morgan fingerprint density at radius 1 is 1.25 bits per heavy atom. The van der Waals surface area contributed by atoms with Crippen LogP contribution >= 0.6 is 0 Å². The first-order valence-electron chi connectivity index (χ1n) is 8.53. The standard InChI is InChI=1S/C19H27N3O2/c1-15(2)13-22-14-17(12-21-22)11-20-18(8-9-19(23)24)10-16-6-4-3-5-7-16/h3-7,12,14-15,18,20H,8-11,13H2,1-2H3,(H,23,24). The van der Waals surface area contributed by atoms with Crippen LogP contribution in [0.5, 0.6) is 0 Å². The maximum absolute atomic E-state index is 10.9. The van der Waals surface area contributed by atoms with E-state index in [0.29, 0.717) is 18.9 Å². The SMILES string of the molecule is CC(C)Cn1cc(CNC(CCC(=O)O)Cc2ccccc2)cn1. The number of rotatable bonds is 10. The number of nitrogens with zero attached hydrogens (tertiary/aromatic N) is 2. The molecule has 24 heavy (non-hydrogen) atoms. The summed E-state index contributed by atoms with van der Waals surface area (Å²) < 4.78 is 1.96. The summed E-state index contributed by atoms with van der Waals surface area (Å²) in [4.78, 5) is 10.9. The number of carbonyl (C=O) groups is 1. The second-order valence-corrected chi connectivity index (χ2v) is 6.66. The molecule has 0 spiro atoms. The number of carboxylic acid groups (broad SMARTS) is 1. The number of aromatic nitrogens is 2. The lowest BCUT2D eigenvalue weighted by atomic mass is 10.0. The molecular weight excluding hydrogens is 302 g/mol. The lowest BCUT2D eigenvalue weighted by molar-refractivity contribution is -0.137. The maximum atomic E-state index is 10.9. The van der Waals surface area contributed by atoms with Gasteiger partial charge in [0, 0.05) is 37.3 Å². The third kappa shape index (κ3) is 6.54. The zero-order valence-corrected chi connectivity index (χ0v) is 14.5. The molecule has 0 saturated carbocycles. The molecule has 0 radical (unpaired) electrons. The van der Waals surface area contributed by atoms with Crippen LogP contribution in [0.15, 0.2) is 42.7 Å². The average molecular weight is 329 g/mol. The highest BCUT2D eigenvalue weighted by molar-refractivity contribution is 5.66. The molecule has 0 amide bonds. The van der Waals surface area contributed by atoms with Crippen molar-refractivity contribution in [3.05, 3.63) is 53.9 Å². The van der Waals surface area contributed by atoms with Gasteiger partial charge in [-0.05, 0) is 24.3 Å². The van der Waals surface area contributed by atoms with E-state index in [2.05, 4.69) is 42.6 Å². The minimum atomic E-state index is -0.750. The molecule has 1 heterocycles. The lowest BCUT2D eigenvalue weighted by Crippen LogP contribution is -2.31. The van der Waals surface area contributed by atoms with E-state index >= 15 is 0 Å². The normalized spacial score (nSPS) is 12.5. The largest absolute Gasteiger partial charge is 0.481 e. The molecule has 1 unspecified atom stereocenters. The second-order valence-electron chi connectivity index (χ2n) is 6.66. The van der Waals surface area contributed by atoms with Crippen LogP contribution in [0.3, 0.4) is 0 Å². The molecule has 5 heteroatoms. The molecule has 2 rings (SSSR count). The highest BCUT2D eigenvalue weighted by Crippen LogP contribution is 2.09. The van der Waals surface area contributed by atoms with Gasteiger partial charge in [0.2, 0.25) is 0 Å². The van der Waals surface area contributed by atoms with Crippen LogP contribution in [0, 0.1) is 5.92 Å². The zero-order valence-electron chi connectivity index (χ0n) is 14.5. The van der Waals surface area contributed by atoms with Crippen LogP contribution in [0.1, 0.15) is 37.8 Å². The molecule has 1 aromatic heterocycles. The number of hydrogen-bond acceptors (Lipinski definition) is 3. The summed E-state index contributed by atoms with van der Waals surface area (Å²) in [6.07, 6.45) is 5.56. The molecular formula is C19H27N3O2. The van der Waals surface area contributed by atoms with E-state index in [-0.39, 0.29) is 12.5 Å². The van der Waals surface area contributed by atoms with Gasteiger partial charge >= 0.3 is 5.97 Å². The van der Waals surface area contributed by atoms with Gasteiger partial charge in [-0.1, -0.05) is 44.2 Å². The van der Waals surface area contributed by atoms with Gasteiger partial charge in [-0.25, -0.2) is 0 Å². The highest BCUT2D eigenvalue weighted by Gasteiger charge is 2.12. The fourth-order valence-corrected chi connectivity index (χ4v) is 2.71. The summed E-state index contributed by atoms with van der Waals surface area (Å²) in [5.74, 6) is -0.188. The first-order valence-corrected chi connectivity index (χ1v) is 8.53. The van der Waals surface area contributed by atoms with Crippen molar-refractivity contribution in [2.24, 2.45) is 5.92 Å². The van der Waals surface area contributed by atoms with Crippen molar-refractivity contribution in [2.45, 2.75) is 52.2 Å². The molecule has 130 valence electrons. The molecule has 0 bridgehead atoms. The summed E-state index contributed by atoms with van der Waals surface area (Å²) in [6, 6.07) is 10.3. The Morgan fingerprint density at radius 2 is 2.00 bits per heavy atom. The van der Waals surface area contributed by atoms with E-state index in [4.69, 9.17) is 5.11 Å². The topological polar surface area (TPSA) is 67.2 Å². The van der Waals surface area contributed by atoms with Gasteiger partial charge in [-0.15, -0.1) is 0 Å². The highest BCUT2D eigenvalue weighted by atomic mass is 16.4. The molecule has 0 fully saturated rings. The van der Waals surface area contributed by atoms with E-state index < -0.39 is 5.97 Å². The Bertz CT molecular complexity index is 623. The summed E-state index contributed by atoms with van der Waals surface area (Å²) in [5, 5.41) is 16.8. The average Bonchev–Trinajstić information content (AvgIpc) is 2.97. The van der Waals surface area contributed by atoms with E-state index in [0.717, 1.165) is 18.5 Å². The van der Waals surface area contributed by atoms with Crippen LogP contribution < -0.4 is 5.32 Å². The quantitative estimate of drug-likeness (QED) is 0.703. The number of carboxylic acids is 1. The van der Waals surface area contributed by atoms with Crippen molar-refractivity contribution >= 4 is 5.97 Å². The Morgan fingerprint density at radius 3 is 2.67 bits per heavy atom. The van der Waals surface area contributed by atoms with Crippen molar-refractivity contribution in [1.82, 2.24) is 15.1 Å². The fourth-order valence-electron chi connectivity index (χ4n) is 2.71. The number of aliphatic carboxylic acids is 1. The van der Waals surface area contributed by atoms with Crippen LogP contribution in [0.2, 0.25) is 0 Å². The second kappa shape index (κ2) is 9.23. The van der Waals surface area contributed by atoms with Crippen molar-refractivity contribution in [1.29, 1.82) is 0 Å². The fraction of sp³-hybridized carbons (Fsp3) is 0.474. The predicted molar refractivity (Wildman–Crippen MR) is 94.7 cm³/mol. The van der Waals surface area contributed by atoms with E-state index in [9.17, 15) is 4.79 Å². The molecule has 0 aliphatic heterocycles. The smallest absolute Gasteiger partial charge is 0.303 e. The summed E-state index contributed by atoms with van der Waals surface area (Å²) in [6.45, 7) is 5.95. The van der Waals surface area contributed by atoms with Crippen molar-refractivity contribution in [3.8, 4) is 0 Å². The molecule has 0 saturated heterocycles. The minimum absolute atomic E-state index is 0.136. The first kappa shape index (κ1) is 18.2. The lowest BCUT2D eigenvalue weighted by Gasteiger charge is -2.18. The number of hydrogen-bond donors (Lipinski definition) is 2. The van der Waals surface area contributed by atoms with Gasteiger partial charge in [0.05, 0.1) is 6.20 Å². The van der Waals surface area contributed by atoms with Crippen LogP contribution in [0.4, 0.5) is 0 Å². The molecule has 5 nitrogen and oxygen atoms in total. The van der Waals surface area contributed by atoms with Gasteiger partial charge in [-0.2, -0.15) is 5.10 Å². The Kier molecular flexibility index (Phi) is 7.00. The van der Waals surface area contributed by atoms with Crippen LogP contribution in [-0.2, 0) is 24.3 Å². The van der Waals surface area contributed by atoms with Gasteiger partial charge in [0.1, 0.15) is 0 Å². The predicted octanol–water partition coefficient (Wildman–Crippen LogP) is 3.10. The molecule has 1 atom stereocenters. The summed E-state index contributed by atoms with van der Waals surface area (Å²) >= 11 is 0. The third-order valence-electron chi connectivity index (χ3n) is 3.87. The molecule has 1 aromatic carbocycles. The first-order chi connectivity index (χ1) is 11.5. The van der Waals surface area contributed by atoms with Crippen molar-refractivity contribution in [3.63, 3.8) is 0 Å². The number of nitrogens with one attached hydrogen (secondary N) is 1. The van der Waals surface area contributed by atoms with Gasteiger partial charge < -0.3 is 10.4 Å². The van der Waals surface area contributed by atoms with E-state index in [1.165, 1.54) is 5.56 Å². The van der Waals surface area contributed by atoms with Gasteiger partial charge in [-0.3, -0.25) is 9.48 Å². The van der Waals surface area contributed by atoms with Crippen molar-refractivity contribution in [2.75, 3.05) is 0 Å². The summed E-state index contributed by atoms with van der Waals surface area (Å²) in [7, 11) is 0.